The Hall–Kier alpha value is -0.510. The summed E-state index contributed by atoms with van der Waals surface area (Å²) in [6.07, 6.45) is 4.84. The SMILES string of the molecule is NC1CCC(NC2CSCc3ccccc32)CC1. The largest absolute Gasteiger partial charge is 0.328 e. The fourth-order valence-corrected chi connectivity index (χ4v) is 4.20. The molecule has 1 heterocycles. The van der Waals surface area contributed by atoms with Crippen molar-refractivity contribution in [2.24, 2.45) is 5.73 Å². The summed E-state index contributed by atoms with van der Waals surface area (Å²) < 4.78 is 0. The summed E-state index contributed by atoms with van der Waals surface area (Å²) in [6.45, 7) is 0. The summed E-state index contributed by atoms with van der Waals surface area (Å²) in [5.74, 6) is 2.38. The average molecular weight is 262 g/mol. The maximum Gasteiger partial charge on any atom is 0.0417 e. The van der Waals surface area contributed by atoms with E-state index in [0.717, 1.165) is 0 Å². The van der Waals surface area contributed by atoms with Gasteiger partial charge in [-0.15, -0.1) is 0 Å². The summed E-state index contributed by atoms with van der Waals surface area (Å²) >= 11 is 2.05. The average Bonchev–Trinajstić information content (AvgIpc) is 2.42. The summed E-state index contributed by atoms with van der Waals surface area (Å²) in [7, 11) is 0. The van der Waals surface area contributed by atoms with Gasteiger partial charge in [0.1, 0.15) is 0 Å². The van der Waals surface area contributed by atoms with E-state index >= 15 is 0 Å². The van der Waals surface area contributed by atoms with Gasteiger partial charge >= 0.3 is 0 Å². The Morgan fingerprint density at radius 3 is 2.72 bits per heavy atom. The molecule has 0 radical (unpaired) electrons. The van der Waals surface area contributed by atoms with Gasteiger partial charge in [0.25, 0.3) is 0 Å². The van der Waals surface area contributed by atoms with E-state index in [-0.39, 0.29) is 0 Å². The second-order valence-electron chi connectivity index (χ2n) is 5.54. The van der Waals surface area contributed by atoms with Crippen molar-refractivity contribution in [1.29, 1.82) is 0 Å². The van der Waals surface area contributed by atoms with Crippen LogP contribution in [0.2, 0.25) is 0 Å². The lowest BCUT2D eigenvalue weighted by Gasteiger charge is -2.33. The monoisotopic (exact) mass is 262 g/mol. The van der Waals surface area contributed by atoms with E-state index in [1.165, 1.54) is 48.3 Å². The first-order valence-corrected chi connectivity index (χ1v) is 8.15. The molecule has 1 saturated carbocycles. The highest BCUT2D eigenvalue weighted by atomic mass is 32.2. The number of nitrogens with two attached hydrogens (primary N) is 1. The molecule has 3 N–H and O–H groups in total. The highest BCUT2D eigenvalue weighted by Gasteiger charge is 2.25. The maximum absolute atomic E-state index is 5.97. The van der Waals surface area contributed by atoms with Gasteiger partial charge in [-0.2, -0.15) is 11.8 Å². The third-order valence-electron chi connectivity index (χ3n) is 4.18. The Balaban J connectivity index is 1.67. The van der Waals surface area contributed by atoms with Crippen molar-refractivity contribution in [3.63, 3.8) is 0 Å². The zero-order chi connectivity index (χ0) is 12.4. The first-order chi connectivity index (χ1) is 8.83. The number of rotatable bonds is 2. The van der Waals surface area contributed by atoms with E-state index in [1.807, 2.05) is 11.8 Å². The molecule has 1 atom stereocenters. The van der Waals surface area contributed by atoms with Crippen molar-refractivity contribution in [2.45, 2.75) is 49.6 Å². The number of fused-ring (bicyclic) bond motifs is 1. The normalized spacial score (nSPS) is 31.9. The number of hydrogen-bond donors (Lipinski definition) is 2. The molecule has 0 amide bonds. The molecule has 1 aromatic carbocycles. The molecular formula is C15H22N2S. The van der Waals surface area contributed by atoms with Crippen LogP contribution in [0.4, 0.5) is 0 Å². The minimum atomic E-state index is 0.441. The fourth-order valence-electron chi connectivity index (χ4n) is 3.09. The lowest BCUT2D eigenvalue weighted by molar-refractivity contribution is 0.323. The Labute approximate surface area is 114 Å². The predicted molar refractivity (Wildman–Crippen MR) is 78.7 cm³/mol. The molecular weight excluding hydrogens is 240 g/mol. The van der Waals surface area contributed by atoms with Gasteiger partial charge in [-0.1, -0.05) is 24.3 Å². The molecule has 2 aliphatic rings. The number of nitrogens with one attached hydrogen (secondary N) is 1. The fraction of sp³-hybridized carbons (Fsp3) is 0.600. The molecule has 1 unspecified atom stereocenters. The van der Waals surface area contributed by atoms with Crippen molar-refractivity contribution in [2.75, 3.05) is 5.75 Å². The van der Waals surface area contributed by atoms with E-state index in [1.54, 1.807) is 0 Å². The Kier molecular flexibility index (Phi) is 3.92. The van der Waals surface area contributed by atoms with Crippen LogP contribution in [0.15, 0.2) is 24.3 Å². The van der Waals surface area contributed by atoms with Crippen LogP contribution in [0.3, 0.4) is 0 Å². The van der Waals surface area contributed by atoms with Gasteiger partial charge in [0.15, 0.2) is 0 Å². The third-order valence-corrected chi connectivity index (χ3v) is 5.27. The molecule has 3 heteroatoms. The Morgan fingerprint density at radius 2 is 1.89 bits per heavy atom. The lowest BCUT2D eigenvalue weighted by atomic mass is 9.90. The van der Waals surface area contributed by atoms with Crippen molar-refractivity contribution >= 4 is 11.8 Å². The Morgan fingerprint density at radius 1 is 1.11 bits per heavy atom. The van der Waals surface area contributed by atoms with Crippen LogP contribution < -0.4 is 11.1 Å². The summed E-state index contributed by atoms with van der Waals surface area (Å²) in [5.41, 5.74) is 9.01. The molecule has 0 bridgehead atoms. The molecule has 3 rings (SSSR count). The van der Waals surface area contributed by atoms with Gasteiger partial charge in [-0.05, 0) is 36.8 Å². The highest BCUT2D eigenvalue weighted by molar-refractivity contribution is 7.98. The van der Waals surface area contributed by atoms with Crippen LogP contribution in [0.5, 0.6) is 0 Å². The van der Waals surface area contributed by atoms with Gasteiger partial charge < -0.3 is 11.1 Å². The quantitative estimate of drug-likeness (QED) is 0.860. The molecule has 0 spiro atoms. The van der Waals surface area contributed by atoms with E-state index < -0.39 is 0 Å². The smallest absolute Gasteiger partial charge is 0.0417 e. The minimum Gasteiger partial charge on any atom is -0.328 e. The molecule has 18 heavy (non-hydrogen) atoms. The van der Waals surface area contributed by atoms with Gasteiger partial charge in [-0.25, -0.2) is 0 Å². The van der Waals surface area contributed by atoms with E-state index in [2.05, 4.69) is 29.6 Å². The molecule has 0 saturated heterocycles. The molecule has 2 nitrogen and oxygen atoms in total. The zero-order valence-corrected chi connectivity index (χ0v) is 11.6. The van der Waals surface area contributed by atoms with Crippen molar-refractivity contribution < 1.29 is 0 Å². The van der Waals surface area contributed by atoms with Crippen LogP contribution in [0.1, 0.15) is 42.9 Å². The highest BCUT2D eigenvalue weighted by Crippen LogP contribution is 2.32. The summed E-state index contributed by atoms with van der Waals surface area (Å²) in [4.78, 5) is 0. The van der Waals surface area contributed by atoms with Gasteiger partial charge in [0.2, 0.25) is 0 Å². The number of hydrogen-bond acceptors (Lipinski definition) is 3. The molecule has 1 aliphatic carbocycles. The first-order valence-electron chi connectivity index (χ1n) is 7.00. The summed E-state index contributed by atoms with van der Waals surface area (Å²) in [5, 5.41) is 3.86. The molecule has 1 aliphatic heterocycles. The first kappa shape index (κ1) is 12.5. The van der Waals surface area contributed by atoms with E-state index in [0.29, 0.717) is 18.1 Å². The second-order valence-corrected chi connectivity index (χ2v) is 6.58. The van der Waals surface area contributed by atoms with Crippen LogP contribution >= 0.6 is 11.8 Å². The van der Waals surface area contributed by atoms with Crippen molar-refractivity contribution in [3.8, 4) is 0 Å². The van der Waals surface area contributed by atoms with Crippen LogP contribution in [-0.4, -0.2) is 17.8 Å². The van der Waals surface area contributed by atoms with Gasteiger partial charge in [-0.3, -0.25) is 0 Å². The number of thioether (sulfide) groups is 1. The third kappa shape index (κ3) is 2.73. The standard InChI is InChI=1S/C15H22N2S/c16-12-5-7-13(8-6-12)17-15-10-18-9-11-3-1-2-4-14(11)15/h1-4,12-13,15,17H,5-10,16H2. The van der Waals surface area contributed by atoms with Crippen LogP contribution in [-0.2, 0) is 5.75 Å². The topological polar surface area (TPSA) is 38.0 Å². The van der Waals surface area contributed by atoms with Crippen LogP contribution in [0.25, 0.3) is 0 Å². The van der Waals surface area contributed by atoms with E-state index in [4.69, 9.17) is 5.73 Å². The Bertz CT molecular complexity index is 399. The molecule has 98 valence electrons. The minimum absolute atomic E-state index is 0.441. The van der Waals surface area contributed by atoms with Crippen molar-refractivity contribution in [1.82, 2.24) is 5.32 Å². The van der Waals surface area contributed by atoms with Crippen LogP contribution in [0, 0.1) is 0 Å². The zero-order valence-electron chi connectivity index (χ0n) is 10.8. The maximum atomic E-state index is 5.97. The van der Waals surface area contributed by atoms with Gasteiger partial charge in [0.05, 0.1) is 0 Å². The molecule has 1 aromatic rings. The second kappa shape index (κ2) is 5.64. The molecule has 1 fully saturated rings. The molecule has 0 aromatic heterocycles. The summed E-state index contributed by atoms with van der Waals surface area (Å²) in [6, 6.07) is 10.5. The van der Waals surface area contributed by atoms with Crippen molar-refractivity contribution in [3.05, 3.63) is 35.4 Å². The number of benzene rings is 1. The van der Waals surface area contributed by atoms with Gasteiger partial charge in [0, 0.05) is 29.6 Å². The predicted octanol–water partition coefficient (Wildman–Crippen LogP) is 2.83. The lowest BCUT2D eigenvalue weighted by Crippen LogP contribution is -2.40. The van der Waals surface area contributed by atoms with E-state index in [9.17, 15) is 0 Å².